The van der Waals surface area contributed by atoms with Gasteiger partial charge in [-0.15, -0.1) is 0 Å². The van der Waals surface area contributed by atoms with Gasteiger partial charge in [-0.3, -0.25) is 0 Å². The standard InChI is InChI=1S/C13H16BrCl/c1-11(15)10-13(8-5-9-14)12-6-3-2-4-7-12/h2-4,6-7,13H,1,5,8-10H2. The first-order valence-corrected chi connectivity index (χ1v) is 6.68. The van der Waals surface area contributed by atoms with E-state index >= 15 is 0 Å². The quantitative estimate of drug-likeness (QED) is 0.639. The van der Waals surface area contributed by atoms with Gasteiger partial charge in [0.1, 0.15) is 0 Å². The van der Waals surface area contributed by atoms with Crippen LogP contribution in [0.2, 0.25) is 0 Å². The van der Waals surface area contributed by atoms with Crippen molar-refractivity contribution in [2.45, 2.75) is 25.2 Å². The Kier molecular flexibility index (Phi) is 6.04. The van der Waals surface area contributed by atoms with Crippen molar-refractivity contribution in [1.29, 1.82) is 0 Å². The van der Waals surface area contributed by atoms with Crippen LogP contribution < -0.4 is 0 Å². The predicted molar refractivity (Wildman–Crippen MR) is 71.8 cm³/mol. The van der Waals surface area contributed by atoms with Gasteiger partial charge in [0.25, 0.3) is 0 Å². The van der Waals surface area contributed by atoms with Crippen molar-refractivity contribution in [3.63, 3.8) is 0 Å². The summed E-state index contributed by atoms with van der Waals surface area (Å²) in [5.74, 6) is 0.508. The summed E-state index contributed by atoms with van der Waals surface area (Å²) in [6.07, 6.45) is 3.20. The lowest BCUT2D eigenvalue weighted by atomic mass is 9.91. The van der Waals surface area contributed by atoms with Crippen LogP contribution in [0, 0.1) is 0 Å². The molecule has 0 heterocycles. The molecule has 0 N–H and O–H groups in total. The molecule has 0 bridgehead atoms. The Morgan fingerprint density at radius 1 is 1.33 bits per heavy atom. The summed E-state index contributed by atoms with van der Waals surface area (Å²) in [5, 5.41) is 1.80. The maximum Gasteiger partial charge on any atom is 0.0115 e. The summed E-state index contributed by atoms with van der Waals surface area (Å²) in [5.41, 5.74) is 1.36. The number of rotatable bonds is 6. The lowest BCUT2D eigenvalue weighted by Gasteiger charge is -2.16. The second-order valence-corrected chi connectivity index (χ2v) is 4.99. The third-order valence-electron chi connectivity index (χ3n) is 2.43. The van der Waals surface area contributed by atoms with Gasteiger partial charge in [0, 0.05) is 10.4 Å². The lowest BCUT2D eigenvalue weighted by molar-refractivity contribution is 0.622. The lowest BCUT2D eigenvalue weighted by Crippen LogP contribution is -1.99. The van der Waals surface area contributed by atoms with Gasteiger partial charge in [-0.25, -0.2) is 0 Å². The smallest absolute Gasteiger partial charge is 0.0115 e. The molecule has 1 atom stereocenters. The predicted octanol–water partition coefficient (Wildman–Crippen LogP) is 5.09. The monoisotopic (exact) mass is 286 g/mol. The Morgan fingerprint density at radius 3 is 2.53 bits per heavy atom. The molecule has 1 aromatic carbocycles. The Labute approximate surface area is 105 Å². The normalized spacial score (nSPS) is 12.4. The summed E-state index contributed by atoms with van der Waals surface area (Å²) < 4.78 is 0. The van der Waals surface area contributed by atoms with Gasteiger partial charge in [0.2, 0.25) is 0 Å². The van der Waals surface area contributed by atoms with Crippen LogP contribution in [0.15, 0.2) is 41.9 Å². The summed E-state index contributed by atoms with van der Waals surface area (Å²) in [6.45, 7) is 3.78. The Balaban J connectivity index is 2.67. The first-order valence-electron chi connectivity index (χ1n) is 5.18. The molecule has 2 heteroatoms. The average Bonchev–Trinajstić information content (AvgIpc) is 2.25. The van der Waals surface area contributed by atoms with Gasteiger partial charge in [-0.1, -0.05) is 64.4 Å². The molecule has 0 aliphatic rings. The fraction of sp³-hybridized carbons (Fsp3) is 0.385. The molecule has 0 aliphatic heterocycles. The maximum absolute atomic E-state index is 5.90. The van der Waals surface area contributed by atoms with Gasteiger partial charge in [-0.2, -0.15) is 0 Å². The van der Waals surface area contributed by atoms with Crippen molar-refractivity contribution in [3.8, 4) is 0 Å². The summed E-state index contributed by atoms with van der Waals surface area (Å²) >= 11 is 9.36. The van der Waals surface area contributed by atoms with Crippen molar-refractivity contribution in [1.82, 2.24) is 0 Å². The average molecular weight is 288 g/mol. The van der Waals surface area contributed by atoms with E-state index in [0.29, 0.717) is 5.92 Å². The van der Waals surface area contributed by atoms with Crippen LogP contribution in [-0.4, -0.2) is 5.33 Å². The molecule has 15 heavy (non-hydrogen) atoms. The van der Waals surface area contributed by atoms with E-state index in [9.17, 15) is 0 Å². The van der Waals surface area contributed by atoms with Gasteiger partial charge in [0.05, 0.1) is 0 Å². The number of hydrogen-bond acceptors (Lipinski definition) is 0. The Hall–Kier alpha value is -0.270. The van der Waals surface area contributed by atoms with Crippen LogP contribution in [-0.2, 0) is 0 Å². The molecule has 0 aromatic heterocycles. The highest BCUT2D eigenvalue weighted by Gasteiger charge is 2.11. The molecule has 1 aromatic rings. The minimum absolute atomic E-state index is 0.508. The highest BCUT2D eigenvalue weighted by molar-refractivity contribution is 9.09. The van der Waals surface area contributed by atoms with Crippen molar-refractivity contribution in [2.75, 3.05) is 5.33 Å². The number of halogens is 2. The molecule has 0 spiro atoms. The van der Waals surface area contributed by atoms with E-state index in [-0.39, 0.29) is 0 Å². The molecule has 0 radical (unpaired) electrons. The van der Waals surface area contributed by atoms with E-state index in [1.165, 1.54) is 12.0 Å². The van der Waals surface area contributed by atoms with E-state index in [1.54, 1.807) is 0 Å². The number of allylic oxidation sites excluding steroid dienone is 1. The minimum Gasteiger partial charge on any atom is -0.0928 e. The minimum atomic E-state index is 0.508. The Bertz CT molecular complexity index is 295. The van der Waals surface area contributed by atoms with Crippen molar-refractivity contribution in [3.05, 3.63) is 47.5 Å². The molecular formula is C13H16BrCl. The van der Waals surface area contributed by atoms with Crippen LogP contribution in [0.3, 0.4) is 0 Å². The molecule has 1 unspecified atom stereocenters. The van der Waals surface area contributed by atoms with Crippen LogP contribution in [0.1, 0.15) is 30.7 Å². The van der Waals surface area contributed by atoms with Gasteiger partial charge in [-0.05, 0) is 30.7 Å². The van der Waals surface area contributed by atoms with Gasteiger partial charge >= 0.3 is 0 Å². The largest absolute Gasteiger partial charge is 0.0928 e. The molecule has 0 saturated heterocycles. The van der Waals surface area contributed by atoms with Crippen molar-refractivity contribution >= 4 is 27.5 Å². The summed E-state index contributed by atoms with van der Waals surface area (Å²) in [7, 11) is 0. The van der Waals surface area contributed by atoms with Crippen LogP contribution in [0.4, 0.5) is 0 Å². The van der Waals surface area contributed by atoms with Crippen LogP contribution >= 0.6 is 27.5 Å². The number of alkyl halides is 1. The van der Waals surface area contributed by atoms with Crippen molar-refractivity contribution < 1.29 is 0 Å². The zero-order valence-electron chi connectivity index (χ0n) is 8.76. The first kappa shape index (κ1) is 12.8. The molecule has 1 rings (SSSR count). The highest BCUT2D eigenvalue weighted by atomic mass is 79.9. The van der Waals surface area contributed by atoms with E-state index in [0.717, 1.165) is 23.2 Å². The fourth-order valence-corrected chi connectivity index (χ4v) is 2.21. The third-order valence-corrected chi connectivity index (χ3v) is 3.14. The second kappa shape index (κ2) is 7.08. The number of hydrogen-bond donors (Lipinski definition) is 0. The topological polar surface area (TPSA) is 0 Å². The molecule has 0 amide bonds. The molecule has 0 saturated carbocycles. The fourth-order valence-electron chi connectivity index (χ4n) is 1.70. The van der Waals surface area contributed by atoms with Gasteiger partial charge < -0.3 is 0 Å². The van der Waals surface area contributed by atoms with Crippen LogP contribution in [0.5, 0.6) is 0 Å². The third kappa shape index (κ3) is 4.85. The molecule has 0 fully saturated rings. The maximum atomic E-state index is 5.90. The number of benzene rings is 1. The second-order valence-electron chi connectivity index (χ2n) is 3.66. The van der Waals surface area contributed by atoms with Crippen molar-refractivity contribution in [2.24, 2.45) is 0 Å². The van der Waals surface area contributed by atoms with Gasteiger partial charge in [0.15, 0.2) is 0 Å². The van der Waals surface area contributed by atoms with E-state index in [1.807, 2.05) is 6.07 Å². The zero-order chi connectivity index (χ0) is 11.1. The van der Waals surface area contributed by atoms with Crippen LogP contribution in [0.25, 0.3) is 0 Å². The molecular weight excluding hydrogens is 272 g/mol. The zero-order valence-corrected chi connectivity index (χ0v) is 11.1. The summed E-state index contributed by atoms with van der Waals surface area (Å²) in [6, 6.07) is 10.5. The van der Waals surface area contributed by atoms with E-state index in [4.69, 9.17) is 11.6 Å². The van der Waals surface area contributed by atoms with E-state index in [2.05, 4.69) is 46.8 Å². The SMILES string of the molecule is C=C(Cl)CC(CCCBr)c1ccccc1. The highest BCUT2D eigenvalue weighted by Crippen LogP contribution is 2.29. The Morgan fingerprint density at radius 2 is 2.00 bits per heavy atom. The van der Waals surface area contributed by atoms with E-state index < -0.39 is 0 Å². The molecule has 82 valence electrons. The molecule has 0 aliphatic carbocycles. The summed E-state index contributed by atoms with van der Waals surface area (Å²) in [4.78, 5) is 0. The molecule has 0 nitrogen and oxygen atoms in total. The first-order chi connectivity index (χ1) is 7.24.